The number of carbonyl (C=O) groups is 2. The Morgan fingerprint density at radius 1 is 1.06 bits per heavy atom. The molecule has 0 radical (unpaired) electrons. The Morgan fingerprint density at radius 3 is 2.41 bits per heavy atom. The van der Waals surface area contributed by atoms with Gasteiger partial charge < -0.3 is 15.9 Å². The largest absolute Gasteiger partial charge is 0.486 e. The van der Waals surface area contributed by atoms with Crippen LogP contribution in [0.25, 0.3) is 0 Å². The monoisotopic (exact) mass is 453 g/mol. The predicted octanol–water partition coefficient (Wildman–Crippen LogP) is 2.96. The minimum Gasteiger partial charge on any atom is -0.486 e. The Balaban J connectivity index is 1.46. The lowest BCUT2D eigenvalue weighted by atomic mass is 9.87. The Kier molecular flexibility index (Phi) is 7.53. The van der Waals surface area contributed by atoms with Crippen molar-refractivity contribution in [3.63, 3.8) is 0 Å². The third kappa shape index (κ3) is 6.34. The Labute approximate surface area is 191 Å². The van der Waals surface area contributed by atoms with Gasteiger partial charge in [-0.05, 0) is 23.1 Å². The molecule has 3 rings (SSSR count). The third-order valence-corrected chi connectivity index (χ3v) is 5.64. The van der Waals surface area contributed by atoms with Crippen molar-refractivity contribution < 1.29 is 14.3 Å². The molecule has 8 nitrogen and oxygen atoms in total. The Bertz CT molecular complexity index is 1060. The number of amides is 1. The van der Waals surface area contributed by atoms with Gasteiger partial charge in [-0.1, -0.05) is 75.0 Å². The van der Waals surface area contributed by atoms with Gasteiger partial charge in [0.15, 0.2) is 11.6 Å². The Morgan fingerprint density at radius 2 is 1.75 bits per heavy atom. The summed E-state index contributed by atoms with van der Waals surface area (Å²) in [6.07, 6.45) is 0. The van der Waals surface area contributed by atoms with Crippen molar-refractivity contribution >= 4 is 23.5 Å². The molecule has 3 aromatic rings. The number of aromatic nitrogens is 3. The van der Waals surface area contributed by atoms with E-state index in [-0.39, 0.29) is 36.0 Å². The maximum absolute atomic E-state index is 12.1. The number of thioether (sulfide) groups is 1. The second kappa shape index (κ2) is 10.3. The van der Waals surface area contributed by atoms with Gasteiger partial charge in [0, 0.05) is 5.56 Å². The fraction of sp³-hybridized carbons (Fsp3) is 0.304. The smallest absolute Gasteiger partial charge is 0.230 e. The molecule has 0 bridgehead atoms. The van der Waals surface area contributed by atoms with Crippen molar-refractivity contribution in [3.05, 3.63) is 71.5 Å². The second-order valence-electron chi connectivity index (χ2n) is 8.19. The van der Waals surface area contributed by atoms with Crippen molar-refractivity contribution in [2.45, 2.75) is 37.9 Å². The number of ketones is 1. The zero-order valence-corrected chi connectivity index (χ0v) is 19.2. The molecule has 0 aliphatic heterocycles. The molecule has 3 N–H and O–H groups in total. The van der Waals surface area contributed by atoms with Crippen LogP contribution < -0.4 is 15.9 Å². The lowest BCUT2D eigenvalue weighted by molar-refractivity contribution is -0.118. The molecule has 1 amide bonds. The summed E-state index contributed by atoms with van der Waals surface area (Å²) < 4.78 is 7.06. The highest BCUT2D eigenvalue weighted by atomic mass is 32.2. The van der Waals surface area contributed by atoms with Crippen LogP contribution >= 0.6 is 11.8 Å². The van der Waals surface area contributed by atoms with Gasteiger partial charge in [0.25, 0.3) is 0 Å². The number of carbonyl (C=O) groups excluding carboxylic acids is 2. The molecule has 1 heterocycles. The third-order valence-electron chi connectivity index (χ3n) is 4.70. The number of benzene rings is 2. The molecule has 168 valence electrons. The normalized spacial score (nSPS) is 11.2. The maximum Gasteiger partial charge on any atom is 0.230 e. The number of Topliss-reactive ketones (excluding diaryl/α,β-unsaturated/α-hetero) is 1. The van der Waals surface area contributed by atoms with Crippen LogP contribution in [-0.2, 0) is 16.8 Å². The van der Waals surface area contributed by atoms with Gasteiger partial charge >= 0.3 is 0 Å². The molecule has 0 fully saturated rings. The van der Waals surface area contributed by atoms with Crippen molar-refractivity contribution in [1.82, 2.24) is 20.2 Å². The zero-order valence-electron chi connectivity index (χ0n) is 18.4. The fourth-order valence-corrected chi connectivity index (χ4v) is 3.49. The van der Waals surface area contributed by atoms with Crippen LogP contribution in [0.3, 0.4) is 0 Å². The molecule has 9 heteroatoms. The maximum atomic E-state index is 12.1. The zero-order chi connectivity index (χ0) is 23.1. The molecule has 1 aromatic heterocycles. The fourth-order valence-electron chi connectivity index (χ4n) is 2.79. The van der Waals surface area contributed by atoms with E-state index in [1.165, 1.54) is 10.2 Å². The van der Waals surface area contributed by atoms with E-state index >= 15 is 0 Å². The summed E-state index contributed by atoms with van der Waals surface area (Å²) in [6, 6.07) is 16.7. The molecule has 0 atom stereocenters. The van der Waals surface area contributed by atoms with Crippen LogP contribution in [-0.4, -0.2) is 38.9 Å². The number of nitrogen functional groups attached to an aromatic ring is 1. The molecular weight excluding hydrogens is 426 g/mol. The van der Waals surface area contributed by atoms with Crippen LogP contribution in [0.15, 0.2) is 59.8 Å². The molecule has 0 aliphatic rings. The number of nitrogens with one attached hydrogen (secondary N) is 1. The molecule has 0 unspecified atom stereocenters. The van der Waals surface area contributed by atoms with Gasteiger partial charge in [0.2, 0.25) is 11.1 Å². The van der Waals surface area contributed by atoms with Gasteiger partial charge in [-0.15, -0.1) is 10.2 Å². The van der Waals surface area contributed by atoms with Crippen LogP contribution in [0, 0.1) is 0 Å². The number of hydrogen-bond donors (Lipinski definition) is 2. The number of hydrogen-bond acceptors (Lipinski definition) is 7. The van der Waals surface area contributed by atoms with Gasteiger partial charge in [0.1, 0.15) is 12.4 Å². The van der Waals surface area contributed by atoms with Crippen LogP contribution in [0.5, 0.6) is 5.75 Å². The highest BCUT2D eigenvalue weighted by Gasteiger charge is 2.15. The summed E-state index contributed by atoms with van der Waals surface area (Å²) in [7, 11) is 0. The van der Waals surface area contributed by atoms with Crippen LogP contribution in [0.2, 0.25) is 0 Å². The second-order valence-corrected chi connectivity index (χ2v) is 9.13. The molecule has 32 heavy (non-hydrogen) atoms. The lowest BCUT2D eigenvalue weighted by Gasteiger charge is -2.19. The molecule has 0 saturated heterocycles. The van der Waals surface area contributed by atoms with Crippen LogP contribution in [0.4, 0.5) is 0 Å². The highest BCUT2D eigenvalue weighted by Crippen LogP contribution is 2.24. The molecular formula is C23H27N5O3S. The van der Waals surface area contributed by atoms with Gasteiger partial charge in [0.05, 0.1) is 12.3 Å². The minimum absolute atomic E-state index is 0.0620. The first-order valence-electron chi connectivity index (χ1n) is 10.1. The van der Waals surface area contributed by atoms with E-state index in [2.05, 4.69) is 36.3 Å². The van der Waals surface area contributed by atoms with E-state index in [4.69, 9.17) is 10.6 Å². The first-order valence-corrected chi connectivity index (χ1v) is 11.1. The van der Waals surface area contributed by atoms with Crippen molar-refractivity contribution in [2.24, 2.45) is 0 Å². The number of rotatable bonds is 9. The molecule has 0 aliphatic carbocycles. The average Bonchev–Trinajstić information content (AvgIpc) is 3.14. The highest BCUT2D eigenvalue weighted by molar-refractivity contribution is 7.99. The predicted molar refractivity (Wildman–Crippen MR) is 124 cm³/mol. The molecule has 0 saturated carbocycles. The van der Waals surface area contributed by atoms with E-state index in [0.717, 1.165) is 11.8 Å². The topological polar surface area (TPSA) is 112 Å². The van der Waals surface area contributed by atoms with Crippen molar-refractivity contribution in [1.29, 1.82) is 0 Å². The summed E-state index contributed by atoms with van der Waals surface area (Å²) in [6.45, 7) is 6.55. The minimum atomic E-state index is -0.293. The SMILES string of the molecule is CC(C)(C)c1ccc(OCc2nnc(SCC(=O)NCC(=O)c3ccccc3)n2N)cc1. The number of nitrogens with zero attached hydrogens (tertiary/aromatic N) is 3. The molecule has 2 aromatic carbocycles. The van der Waals surface area contributed by atoms with E-state index in [9.17, 15) is 9.59 Å². The first kappa shape index (κ1) is 23.3. The quantitative estimate of drug-likeness (QED) is 0.291. The average molecular weight is 454 g/mol. The summed E-state index contributed by atoms with van der Waals surface area (Å²) in [5.74, 6) is 6.80. The van der Waals surface area contributed by atoms with Crippen molar-refractivity contribution in [2.75, 3.05) is 18.1 Å². The summed E-state index contributed by atoms with van der Waals surface area (Å²) in [5.41, 5.74) is 1.84. The summed E-state index contributed by atoms with van der Waals surface area (Å²) in [4.78, 5) is 24.1. The van der Waals surface area contributed by atoms with E-state index in [1.807, 2.05) is 30.3 Å². The lowest BCUT2D eigenvalue weighted by Crippen LogP contribution is -2.31. The summed E-state index contributed by atoms with van der Waals surface area (Å²) in [5, 5.41) is 11.0. The van der Waals surface area contributed by atoms with Gasteiger partial charge in [-0.25, -0.2) is 4.68 Å². The standard InChI is InChI=1S/C23H27N5O3S/c1-23(2,3)17-9-11-18(12-10-17)31-14-20-26-27-22(28(20)24)32-15-21(30)25-13-19(29)16-7-5-4-6-8-16/h4-12H,13-15,24H2,1-3H3,(H,25,30). The number of ether oxygens (including phenoxy) is 1. The van der Waals surface area contributed by atoms with Crippen molar-refractivity contribution in [3.8, 4) is 5.75 Å². The summed E-state index contributed by atoms with van der Waals surface area (Å²) >= 11 is 1.14. The van der Waals surface area contributed by atoms with Crippen LogP contribution in [0.1, 0.15) is 42.5 Å². The first-order chi connectivity index (χ1) is 15.2. The van der Waals surface area contributed by atoms with E-state index < -0.39 is 0 Å². The van der Waals surface area contributed by atoms with E-state index in [0.29, 0.717) is 22.3 Å². The Hall–Kier alpha value is -3.33. The van der Waals surface area contributed by atoms with Gasteiger partial charge in [-0.3, -0.25) is 9.59 Å². The van der Waals surface area contributed by atoms with Gasteiger partial charge in [-0.2, -0.15) is 0 Å². The molecule has 0 spiro atoms. The van der Waals surface area contributed by atoms with E-state index in [1.54, 1.807) is 24.3 Å². The number of nitrogens with two attached hydrogens (primary N) is 1.